The minimum absolute atomic E-state index is 0.442. The maximum absolute atomic E-state index is 13.3. The molecule has 2 aliphatic rings. The number of ether oxygens (including phenoxy) is 1. The van der Waals surface area contributed by atoms with Crippen molar-refractivity contribution in [3.8, 4) is 5.88 Å². The molecule has 0 aromatic carbocycles. The smallest absolute Gasteiger partial charge is 0.212 e. The van der Waals surface area contributed by atoms with Crippen LogP contribution in [0.2, 0.25) is 0 Å². The average molecular weight is 380 g/mol. The van der Waals surface area contributed by atoms with Crippen molar-refractivity contribution < 1.29 is 9.13 Å². The third-order valence-electron chi connectivity index (χ3n) is 6.21. The predicted molar refractivity (Wildman–Crippen MR) is 106 cm³/mol. The molecule has 146 valence electrons. The largest absolute Gasteiger partial charge is 0.481 e. The van der Waals surface area contributed by atoms with E-state index in [1.54, 1.807) is 7.11 Å². The molecule has 1 fully saturated rings. The molecule has 1 saturated heterocycles. The molecule has 1 unspecified atom stereocenters. The highest BCUT2D eigenvalue weighted by Crippen LogP contribution is 2.42. The highest BCUT2D eigenvalue weighted by Gasteiger charge is 2.35. The third-order valence-corrected chi connectivity index (χ3v) is 6.21. The molecule has 0 N–H and O–H groups in total. The van der Waals surface area contributed by atoms with E-state index in [9.17, 15) is 4.39 Å². The van der Waals surface area contributed by atoms with Gasteiger partial charge in [0, 0.05) is 49.1 Å². The molecule has 1 atom stereocenters. The molecule has 0 amide bonds. The van der Waals surface area contributed by atoms with Gasteiger partial charge >= 0.3 is 0 Å². The van der Waals surface area contributed by atoms with Crippen LogP contribution in [0.25, 0.3) is 11.0 Å². The Labute approximate surface area is 164 Å². The van der Waals surface area contributed by atoms with E-state index >= 15 is 0 Å². The molecule has 2 aliphatic heterocycles. The van der Waals surface area contributed by atoms with Crippen LogP contribution in [0.5, 0.6) is 5.88 Å². The first-order valence-corrected chi connectivity index (χ1v) is 10.1. The number of aryl methyl sites for hydroxylation is 2. The quantitative estimate of drug-likeness (QED) is 0.674. The van der Waals surface area contributed by atoms with Crippen molar-refractivity contribution in [2.75, 3.05) is 20.2 Å². The van der Waals surface area contributed by atoms with E-state index in [4.69, 9.17) is 9.72 Å². The van der Waals surface area contributed by atoms with Crippen molar-refractivity contribution in [1.29, 1.82) is 0 Å². The van der Waals surface area contributed by atoms with Gasteiger partial charge in [-0.3, -0.25) is 4.90 Å². The van der Waals surface area contributed by atoms with E-state index < -0.39 is 6.67 Å². The van der Waals surface area contributed by atoms with Gasteiger partial charge in [0.05, 0.1) is 23.8 Å². The van der Waals surface area contributed by atoms with Crippen LogP contribution < -0.4 is 4.74 Å². The Bertz CT molecular complexity index is 998. The van der Waals surface area contributed by atoms with Crippen LogP contribution in [0.3, 0.4) is 0 Å². The lowest BCUT2D eigenvalue weighted by molar-refractivity contribution is 0.241. The van der Waals surface area contributed by atoms with Gasteiger partial charge in [-0.15, -0.1) is 0 Å². The summed E-state index contributed by atoms with van der Waals surface area (Å²) >= 11 is 0. The van der Waals surface area contributed by atoms with Gasteiger partial charge in [-0.25, -0.2) is 14.4 Å². The van der Waals surface area contributed by atoms with Crippen LogP contribution >= 0.6 is 0 Å². The number of nitrogens with zero attached hydrogens (tertiary/aromatic N) is 4. The summed E-state index contributed by atoms with van der Waals surface area (Å²) < 4.78 is 20.9. The zero-order valence-electron chi connectivity index (χ0n) is 16.2. The van der Waals surface area contributed by atoms with Crippen LogP contribution in [0.4, 0.5) is 4.39 Å². The molecule has 0 spiro atoms. The summed E-state index contributed by atoms with van der Waals surface area (Å²) in [6, 6.07) is 8.30. The van der Waals surface area contributed by atoms with Gasteiger partial charge < -0.3 is 9.30 Å². The van der Waals surface area contributed by atoms with Gasteiger partial charge in [0.25, 0.3) is 0 Å². The molecule has 5 heterocycles. The van der Waals surface area contributed by atoms with Gasteiger partial charge in [-0.2, -0.15) is 0 Å². The lowest BCUT2D eigenvalue weighted by atomic mass is 9.98. The van der Waals surface area contributed by atoms with Crippen LogP contribution in [0, 0.1) is 0 Å². The number of methoxy groups -OCH3 is 1. The molecule has 0 radical (unpaired) electrons. The fourth-order valence-corrected chi connectivity index (χ4v) is 4.88. The molecular formula is C22H25FN4O. The number of hydrogen-bond donors (Lipinski definition) is 0. The summed E-state index contributed by atoms with van der Waals surface area (Å²) in [6.45, 7) is 2.64. The second kappa shape index (κ2) is 7.17. The number of hydrogen-bond acceptors (Lipinski definition) is 4. The molecule has 5 nitrogen and oxygen atoms in total. The van der Waals surface area contributed by atoms with E-state index in [0.29, 0.717) is 17.6 Å². The summed E-state index contributed by atoms with van der Waals surface area (Å²) in [4.78, 5) is 11.6. The van der Waals surface area contributed by atoms with Crippen molar-refractivity contribution in [3.63, 3.8) is 0 Å². The number of alkyl halides is 1. The summed E-state index contributed by atoms with van der Waals surface area (Å²) in [5.41, 5.74) is 6.60. The Balaban J connectivity index is 1.54. The summed E-state index contributed by atoms with van der Waals surface area (Å²) in [7, 11) is 1.63. The van der Waals surface area contributed by atoms with E-state index in [0.717, 1.165) is 43.5 Å². The lowest BCUT2D eigenvalue weighted by Crippen LogP contribution is -2.31. The van der Waals surface area contributed by atoms with Gasteiger partial charge in [0.1, 0.15) is 6.67 Å². The van der Waals surface area contributed by atoms with Gasteiger partial charge in [0.2, 0.25) is 5.88 Å². The van der Waals surface area contributed by atoms with Crippen LogP contribution in [0.15, 0.2) is 30.5 Å². The van der Waals surface area contributed by atoms with Crippen LogP contribution in [0.1, 0.15) is 41.4 Å². The summed E-state index contributed by atoms with van der Waals surface area (Å²) in [5.74, 6) is 0.636. The Morgan fingerprint density at radius 3 is 2.93 bits per heavy atom. The van der Waals surface area contributed by atoms with Gasteiger partial charge in [-0.05, 0) is 43.5 Å². The Morgan fingerprint density at radius 1 is 1.21 bits per heavy atom. The second-order valence-corrected chi connectivity index (χ2v) is 7.72. The number of aromatic nitrogens is 3. The van der Waals surface area contributed by atoms with E-state index in [-0.39, 0.29) is 0 Å². The number of rotatable bonds is 5. The van der Waals surface area contributed by atoms with E-state index in [1.165, 1.54) is 29.7 Å². The Kier molecular flexibility index (Phi) is 4.51. The third kappa shape index (κ3) is 2.87. The topological polar surface area (TPSA) is 43.2 Å². The maximum Gasteiger partial charge on any atom is 0.212 e. The molecule has 3 aromatic rings. The van der Waals surface area contributed by atoms with Crippen molar-refractivity contribution in [1.82, 2.24) is 19.4 Å². The Morgan fingerprint density at radius 2 is 2.14 bits per heavy atom. The number of halogens is 1. The minimum atomic E-state index is -0.512. The second-order valence-electron chi connectivity index (χ2n) is 7.72. The van der Waals surface area contributed by atoms with Crippen LogP contribution in [-0.2, 0) is 26.1 Å². The van der Waals surface area contributed by atoms with Gasteiger partial charge in [-0.1, -0.05) is 6.07 Å². The zero-order chi connectivity index (χ0) is 19.1. The summed E-state index contributed by atoms with van der Waals surface area (Å²) in [5, 5.41) is 0. The summed E-state index contributed by atoms with van der Waals surface area (Å²) in [6.07, 6.45) is 6.22. The fourth-order valence-electron chi connectivity index (χ4n) is 4.88. The average Bonchev–Trinajstić information content (AvgIpc) is 3.34. The molecule has 28 heavy (non-hydrogen) atoms. The molecule has 6 heteroatoms. The molecule has 0 aliphatic carbocycles. The predicted octanol–water partition coefficient (Wildman–Crippen LogP) is 3.85. The SMILES string of the molecule is COc1ccc(CCn2c3c(c4nc(CF)ccc42)C2CCCN2CC3)cn1. The first kappa shape index (κ1) is 17.6. The first-order chi connectivity index (χ1) is 13.8. The molecule has 5 rings (SSSR count). The molecule has 3 aromatic heterocycles. The lowest BCUT2D eigenvalue weighted by Gasteiger charge is -2.30. The van der Waals surface area contributed by atoms with Crippen molar-refractivity contribution in [2.24, 2.45) is 0 Å². The molecule has 0 saturated carbocycles. The van der Waals surface area contributed by atoms with Crippen molar-refractivity contribution >= 4 is 11.0 Å². The zero-order valence-corrected chi connectivity index (χ0v) is 16.2. The van der Waals surface area contributed by atoms with Crippen molar-refractivity contribution in [2.45, 2.75) is 44.9 Å². The highest BCUT2D eigenvalue weighted by atomic mass is 19.1. The van der Waals surface area contributed by atoms with E-state index in [2.05, 4.69) is 26.6 Å². The molecular weight excluding hydrogens is 355 g/mol. The highest BCUT2D eigenvalue weighted by molar-refractivity contribution is 5.83. The normalized spacial score (nSPS) is 19.0. The van der Waals surface area contributed by atoms with Gasteiger partial charge in [0.15, 0.2) is 0 Å². The Hall–Kier alpha value is -2.47. The monoisotopic (exact) mass is 380 g/mol. The minimum Gasteiger partial charge on any atom is -0.481 e. The standard InChI is InChI=1S/C22H25FN4O/c1-28-20-7-4-15(14-24-20)8-12-27-18-9-11-26-10-2-3-17(26)21(18)22-19(27)6-5-16(13-23)25-22/h4-7,14,17H,2-3,8-13H2,1H3. The van der Waals surface area contributed by atoms with Crippen LogP contribution in [-0.4, -0.2) is 39.6 Å². The fraction of sp³-hybridized carbons (Fsp3) is 0.455. The number of pyridine rings is 2. The first-order valence-electron chi connectivity index (χ1n) is 10.1. The van der Waals surface area contributed by atoms with E-state index in [1.807, 2.05) is 18.3 Å². The number of fused-ring (bicyclic) bond motifs is 5. The maximum atomic E-state index is 13.3. The molecule has 0 bridgehead atoms. The van der Waals surface area contributed by atoms with Crippen molar-refractivity contribution in [3.05, 3.63) is 53.0 Å².